The largest absolute Gasteiger partial charge is 0.424 e. The molecule has 16 heavy (non-hydrogen) atoms. The second kappa shape index (κ2) is 5.22. The summed E-state index contributed by atoms with van der Waals surface area (Å²) in [5, 5.41) is -2.41. The fourth-order valence-corrected chi connectivity index (χ4v) is 1.54. The van der Waals surface area contributed by atoms with Crippen molar-refractivity contribution in [3.8, 4) is 0 Å². The topological polar surface area (TPSA) is 0 Å². The molecule has 0 spiro atoms. The number of hydrogen-bond acceptors (Lipinski definition) is 0. The fourth-order valence-electron chi connectivity index (χ4n) is 0.577. The Kier molecular flexibility index (Phi) is 5.50. The predicted molar refractivity (Wildman–Crippen MR) is 54.9 cm³/mol. The van der Waals surface area contributed by atoms with E-state index in [0.717, 1.165) is 0 Å². The Morgan fingerprint density at radius 2 is 1.44 bits per heavy atom. The van der Waals surface area contributed by atoms with Gasteiger partial charge in [-0.25, -0.2) is 8.78 Å². The number of rotatable bonds is 3. The molecule has 0 N–H and O–H groups in total. The van der Waals surface area contributed by atoms with Crippen LogP contribution in [0.3, 0.4) is 0 Å². The van der Waals surface area contributed by atoms with Crippen LogP contribution in [-0.2, 0) is 0 Å². The van der Waals surface area contributed by atoms with Gasteiger partial charge in [0.1, 0.15) is 17.5 Å². The van der Waals surface area contributed by atoms with Crippen molar-refractivity contribution in [3.63, 3.8) is 0 Å². The molecule has 0 rings (SSSR count). The summed E-state index contributed by atoms with van der Waals surface area (Å²) in [7, 11) is 0. The zero-order chi connectivity index (χ0) is 13.4. The van der Waals surface area contributed by atoms with Gasteiger partial charge in [-0.05, 0) is 0 Å². The Morgan fingerprint density at radius 3 is 1.69 bits per heavy atom. The van der Waals surface area contributed by atoms with Crippen LogP contribution < -0.4 is 0 Å². The van der Waals surface area contributed by atoms with Gasteiger partial charge in [0.15, 0.2) is 4.33 Å². The predicted octanol–water partition coefficient (Wildman–Crippen LogP) is 5.28. The molecule has 0 nitrogen and oxygen atoms in total. The first-order valence-corrected chi connectivity index (χ1v) is 5.26. The van der Waals surface area contributed by atoms with Gasteiger partial charge in [-0.2, -0.15) is 13.2 Å². The lowest BCUT2D eigenvalue weighted by atomic mass is 10.2. The summed E-state index contributed by atoms with van der Waals surface area (Å²) in [5.41, 5.74) is 0. The normalized spacial score (nSPS) is 17.5. The summed E-state index contributed by atoms with van der Waals surface area (Å²) in [5.74, 6) is -1.83. The van der Waals surface area contributed by atoms with E-state index in [9.17, 15) is 22.0 Å². The van der Waals surface area contributed by atoms with E-state index in [0.29, 0.717) is 0 Å². The molecule has 0 aliphatic carbocycles. The first kappa shape index (κ1) is 16.8. The van der Waals surface area contributed by atoms with Crippen molar-refractivity contribution in [3.05, 3.63) is 12.2 Å². The first-order valence-electron chi connectivity index (χ1n) is 3.31. The van der Waals surface area contributed by atoms with Crippen molar-refractivity contribution < 1.29 is 22.0 Å². The maximum atomic E-state index is 12.6. The average Bonchev–Trinajstić information content (AvgIpc) is 2.13. The summed E-state index contributed by atoms with van der Waals surface area (Å²) in [6.07, 6.45) is -5.99. The lowest BCUT2D eigenvalue weighted by molar-refractivity contribution is -0.144. The van der Waals surface area contributed by atoms with Crippen LogP contribution in [0.2, 0.25) is 0 Å². The minimum Gasteiger partial charge on any atom is -0.213 e. The third-order valence-corrected chi connectivity index (χ3v) is 4.61. The highest BCUT2D eigenvalue weighted by Crippen LogP contribution is 2.56. The first-order chi connectivity index (χ1) is 6.89. The van der Waals surface area contributed by atoms with Crippen molar-refractivity contribution >= 4 is 58.0 Å². The molecule has 0 aliphatic rings. The van der Waals surface area contributed by atoms with Gasteiger partial charge in [-0.1, -0.05) is 46.4 Å². The molecule has 0 radical (unpaired) electrons. The van der Waals surface area contributed by atoms with Crippen LogP contribution in [0.5, 0.6) is 0 Å². The molecule has 0 amide bonds. The van der Waals surface area contributed by atoms with Crippen LogP contribution in [0.15, 0.2) is 12.2 Å². The third kappa shape index (κ3) is 2.99. The zero-order valence-corrected chi connectivity index (χ0v) is 10.7. The van der Waals surface area contributed by atoms with Crippen molar-refractivity contribution in [2.24, 2.45) is 0 Å². The van der Waals surface area contributed by atoms with Gasteiger partial charge in [0.25, 0.3) is 0 Å². The molecule has 1 unspecified atom stereocenters. The Hall–Kier alpha value is 0.840. The minimum absolute atomic E-state index is 0.697. The smallest absolute Gasteiger partial charge is 0.213 e. The lowest BCUT2D eigenvalue weighted by Crippen LogP contribution is -2.53. The van der Waals surface area contributed by atoms with Crippen LogP contribution in [-0.4, -0.2) is 20.2 Å². The highest BCUT2D eigenvalue weighted by Gasteiger charge is 2.68. The van der Waals surface area contributed by atoms with E-state index in [1.165, 1.54) is 0 Å². The van der Waals surface area contributed by atoms with Crippen molar-refractivity contribution in [1.82, 2.24) is 0 Å². The number of halogens is 10. The summed E-state index contributed by atoms with van der Waals surface area (Å²) in [4.78, 5) is 0. The van der Waals surface area contributed by atoms with Crippen LogP contribution in [0, 0.1) is 0 Å². The van der Waals surface area contributed by atoms with Gasteiger partial charge < -0.3 is 0 Å². The maximum absolute atomic E-state index is 12.6. The van der Waals surface area contributed by atoms with Crippen molar-refractivity contribution in [1.29, 1.82) is 0 Å². The second-order valence-electron chi connectivity index (χ2n) is 2.55. The van der Waals surface area contributed by atoms with Crippen LogP contribution >= 0.6 is 58.0 Å². The van der Waals surface area contributed by atoms with E-state index >= 15 is 0 Å². The van der Waals surface area contributed by atoms with E-state index in [1.807, 2.05) is 0 Å². The Morgan fingerprint density at radius 1 is 1.06 bits per heavy atom. The molecular formula is C6H2Cl5F5. The Bertz CT molecular complexity index is 284. The molecule has 96 valence electrons. The molecule has 0 fully saturated rings. The molecule has 0 aromatic rings. The fraction of sp³-hybridized carbons (Fsp3) is 0.667. The lowest BCUT2D eigenvalue weighted by Gasteiger charge is -2.36. The van der Waals surface area contributed by atoms with E-state index in [4.69, 9.17) is 58.0 Å². The summed E-state index contributed by atoms with van der Waals surface area (Å²) in [6, 6.07) is 0. The number of alkyl halides is 8. The molecule has 1 atom stereocenters. The summed E-state index contributed by atoms with van der Waals surface area (Å²) in [6.45, 7) is 0. The van der Waals surface area contributed by atoms with Gasteiger partial charge in [-0.3, -0.25) is 0 Å². The third-order valence-electron chi connectivity index (χ3n) is 1.44. The van der Waals surface area contributed by atoms with E-state index < -0.39 is 32.4 Å². The Balaban J connectivity index is 5.36. The molecule has 0 saturated heterocycles. The van der Waals surface area contributed by atoms with Crippen LogP contribution in [0.1, 0.15) is 0 Å². The highest BCUT2D eigenvalue weighted by atomic mass is 35.5. The molecule has 0 aliphatic heterocycles. The SMILES string of the molecule is FC=C(F)C(Cl)C(Cl)(Cl)C(Cl)(Cl)C(F)(F)F. The van der Waals surface area contributed by atoms with E-state index in [-0.39, 0.29) is 0 Å². The van der Waals surface area contributed by atoms with Crippen molar-refractivity contribution in [2.45, 2.75) is 20.2 Å². The molecule has 0 aromatic heterocycles. The molecule has 0 aromatic carbocycles. The van der Waals surface area contributed by atoms with Gasteiger partial charge in [-0.15, -0.1) is 11.6 Å². The van der Waals surface area contributed by atoms with Gasteiger partial charge in [0, 0.05) is 0 Å². The quantitative estimate of drug-likeness (QED) is 0.481. The average molecular weight is 346 g/mol. The monoisotopic (exact) mass is 344 g/mol. The maximum Gasteiger partial charge on any atom is 0.424 e. The van der Waals surface area contributed by atoms with Crippen LogP contribution in [0.25, 0.3) is 0 Å². The van der Waals surface area contributed by atoms with E-state index in [2.05, 4.69) is 0 Å². The minimum atomic E-state index is -5.29. The highest BCUT2D eigenvalue weighted by molar-refractivity contribution is 6.65. The molecule has 10 heteroatoms. The standard InChI is InChI=1S/C6H2Cl5F5/c7-3(2(13)1-12)4(8,9)5(10,11)6(14,15)16/h1,3H. The molecule has 0 saturated carbocycles. The summed E-state index contributed by atoms with van der Waals surface area (Å²) < 4.78 is 54.4. The van der Waals surface area contributed by atoms with Gasteiger partial charge >= 0.3 is 6.18 Å². The second-order valence-corrected chi connectivity index (χ2v) is 5.70. The van der Waals surface area contributed by atoms with Gasteiger partial charge in [0.2, 0.25) is 4.33 Å². The molecular weight excluding hydrogens is 344 g/mol. The molecule has 0 bridgehead atoms. The summed E-state index contributed by atoms with van der Waals surface area (Å²) >= 11 is 25.1. The number of hydrogen-bond donors (Lipinski definition) is 0. The van der Waals surface area contributed by atoms with Crippen LogP contribution in [0.4, 0.5) is 22.0 Å². The van der Waals surface area contributed by atoms with E-state index in [1.54, 1.807) is 0 Å². The molecule has 0 heterocycles. The zero-order valence-electron chi connectivity index (χ0n) is 6.93. The van der Waals surface area contributed by atoms with Crippen molar-refractivity contribution in [2.75, 3.05) is 0 Å². The number of allylic oxidation sites excluding steroid dienone is 1. The Labute approximate surface area is 112 Å². The van der Waals surface area contributed by atoms with Gasteiger partial charge in [0.05, 0.1) is 0 Å².